The van der Waals surface area contributed by atoms with Gasteiger partial charge < -0.3 is 11.1 Å². The second-order valence-electron chi connectivity index (χ2n) is 3.96. The van der Waals surface area contributed by atoms with Crippen LogP contribution in [0.25, 0.3) is 0 Å². The van der Waals surface area contributed by atoms with Crippen molar-refractivity contribution in [2.75, 3.05) is 11.1 Å². The number of benzene rings is 1. The lowest BCUT2D eigenvalue weighted by Gasteiger charge is -2.10. The number of aryl methyl sites for hydroxylation is 2. The largest absolute Gasteiger partial charge is 0.399 e. The molecule has 2 rings (SSSR count). The number of hydrogen-bond acceptors (Lipinski definition) is 3. The van der Waals surface area contributed by atoms with Crippen LogP contribution in [0.3, 0.4) is 0 Å². The number of anilines is 2. The molecule has 5 heteroatoms. The minimum atomic E-state index is -0.189. The quantitative estimate of drug-likeness (QED) is 0.688. The highest BCUT2D eigenvalue weighted by molar-refractivity contribution is 6.04. The molecule has 0 atom stereocenters. The number of aromatic amines is 1. The summed E-state index contributed by atoms with van der Waals surface area (Å²) in [6.07, 6.45) is 3.03. The number of nitrogens with two attached hydrogens (primary N) is 1. The Kier molecular flexibility index (Phi) is 2.82. The summed E-state index contributed by atoms with van der Waals surface area (Å²) in [7, 11) is 0. The molecule has 0 saturated carbocycles. The minimum Gasteiger partial charge on any atom is -0.399 e. The molecule has 1 aromatic carbocycles. The second kappa shape index (κ2) is 4.29. The Bertz CT molecular complexity index is 546. The summed E-state index contributed by atoms with van der Waals surface area (Å²) in [5.74, 6) is -0.189. The third kappa shape index (κ3) is 2.28. The van der Waals surface area contributed by atoms with Gasteiger partial charge in [0.05, 0.1) is 11.8 Å². The molecule has 88 valence electrons. The van der Waals surface area contributed by atoms with Crippen molar-refractivity contribution < 1.29 is 4.79 Å². The zero-order valence-corrected chi connectivity index (χ0v) is 9.74. The van der Waals surface area contributed by atoms with E-state index < -0.39 is 0 Å². The third-order valence-corrected chi connectivity index (χ3v) is 2.62. The lowest BCUT2D eigenvalue weighted by molar-refractivity contribution is 0.102. The van der Waals surface area contributed by atoms with Gasteiger partial charge in [0, 0.05) is 17.6 Å². The zero-order chi connectivity index (χ0) is 12.4. The number of nitrogen functional groups attached to an aromatic ring is 1. The maximum Gasteiger partial charge on any atom is 0.258 e. The van der Waals surface area contributed by atoms with Gasteiger partial charge in [0.25, 0.3) is 5.91 Å². The van der Waals surface area contributed by atoms with Gasteiger partial charge >= 0.3 is 0 Å². The molecule has 0 bridgehead atoms. The van der Waals surface area contributed by atoms with Crippen LogP contribution >= 0.6 is 0 Å². The van der Waals surface area contributed by atoms with E-state index in [0.717, 1.165) is 22.5 Å². The van der Waals surface area contributed by atoms with E-state index in [1.807, 2.05) is 26.0 Å². The van der Waals surface area contributed by atoms with Gasteiger partial charge in [0.15, 0.2) is 0 Å². The van der Waals surface area contributed by atoms with Crippen molar-refractivity contribution in [2.45, 2.75) is 13.8 Å². The number of rotatable bonds is 2. The zero-order valence-electron chi connectivity index (χ0n) is 9.74. The number of hydrogen-bond donors (Lipinski definition) is 3. The van der Waals surface area contributed by atoms with Gasteiger partial charge in [-0.2, -0.15) is 5.10 Å². The van der Waals surface area contributed by atoms with Gasteiger partial charge in [-0.05, 0) is 37.1 Å². The Balaban J connectivity index is 2.25. The molecule has 1 aromatic heterocycles. The Morgan fingerprint density at radius 3 is 2.76 bits per heavy atom. The molecule has 0 fully saturated rings. The summed E-state index contributed by atoms with van der Waals surface area (Å²) >= 11 is 0. The normalized spacial score (nSPS) is 10.2. The Morgan fingerprint density at radius 2 is 2.12 bits per heavy atom. The molecule has 2 aromatic rings. The monoisotopic (exact) mass is 230 g/mol. The van der Waals surface area contributed by atoms with Crippen molar-refractivity contribution in [3.63, 3.8) is 0 Å². The summed E-state index contributed by atoms with van der Waals surface area (Å²) in [5, 5.41) is 9.16. The number of carbonyl (C=O) groups is 1. The van der Waals surface area contributed by atoms with Crippen molar-refractivity contribution in [1.29, 1.82) is 0 Å². The lowest BCUT2D eigenvalue weighted by Crippen LogP contribution is -2.12. The minimum absolute atomic E-state index is 0.189. The van der Waals surface area contributed by atoms with Crippen LogP contribution in [-0.4, -0.2) is 16.1 Å². The molecular weight excluding hydrogens is 216 g/mol. The van der Waals surface area contributed by atoms with Crippen LogP contribution < -0.4 is 11.1 Å². The summed E-state index contributed by atoms with van der Waals surface area (Å²) in [4.78, 5) is 11.8. The van der Waals surface area contributed by atoms with Gasteiger partial charge in [-0.25, -0.2) is 0 Å². The first kappa shape index (κ1) is 11.2. The van der Waals surface area contributed by atoms with Crippen molar-refractivity contribution >= 4 is 17.3 Å². The second-order valence-corrected chi connectivity index (χ2v) is 3.96. The van der Waals surface area contributed by atoms with E-state index in [1.165, 1.54) is 6.20 Å². The predicted molar refractivity (Wildman–Crippen MR) is 66.9 cm³/mol. The van der Waals surface area contributed by atoms with Crippen molar-refractivity contribution in [2.24, 2.45) is 0 Å². The van der Waals surface area contributed by atoms with E-state index in [2.05, 4.69) is 15.5 Å². The van der Waals surface area contributed by atoms with Gasteiger partial charge in [-0.3, -0.25) is 9.89 Å². The van der Waals surface area contributed by atoms with E-state index in [0.29, 0.717) is 5.56 Å². The number of amides is 1. The molecule has 4 N–H and O–H groups in total. The maximum absolute atomic E-state index is 11.8. The molecule has 17 heavy (non-hydrogen) atoms. The van der Waals surface area contributed by atoms with Crippen LogP contribution in [0.15, 0.2) is 24.5 Å². The molecular formula is C12H14N4O. The molecule has 0 aliphatic heterocycles. The van der Waals surface area contributed by atoms with E-state index >= 15 is 0 Å². The fraction of sp³-hybridized carbons (Fsp3) is 0.167. The number of nitrogens with one attached hydrogen (secondary N) is 2. The van der Waals surface area contributed by atoms with Crippen LogP contribution in [0.2, 0.25) is 0 Å². The van der Waals surface area contributed by atoms with Crippen LogP contribution in [0, 0.1) is 13.8 Å². The molecule has 0 unspecified atom stereocenters. The summed E-state index contributed by atoms with van der Waals surface area (Å²) in [6, 6.07) is 3.71. The molecule has 0 spiro atoms. The van der Waals surface area contributed by atoms with Crippen molar-refractivity contribution in [3.05, 3.63) is 41.2 Å². The number of nitrogens with zero attached hydrogens (tertiary/aromatic N) is 1. The van der Waals surface area contributed by atoms with Crippen LogP contribution in [0.4, 0.5) is 11.4 Å². The molecule has 0 aliphatic rings. The predicted octanol–water partition coefficient (Wildman–Crippen LogP) is 1.86. The molecule has 1 heterocycles. The fourth-order valence-electron chi connectivity index (χ4n) is 1.54. The summed E-state index contributed by atoms with van der Waals surface area (Å²) in [6.45, 7) is 3.81. The van der Waals surface area contributed by atoms with E-state index in [9.17, 15) is 4.79 Å². The Morgan fingerprint density at radius 1 is 1.35 bits per heavy atom. The van der Waals surface area contributed by atoms with E-state index in [4.69, 9.17) is 5.73 Å². The first-order valence-corrected chi connectivity index (χ1v) is 5.25. The third-order valence-electron chi connectivity index (χ3n) is 2.62. The van der Waals surface area contributed by atoms with Crippen molar-refractivity contribution in [1.82, 2.24) is 10.2 Å². The average molecular weight is 230 g/mol. The van der Waals surface area contributed by atoms with Crippen LogP contribution in [0.5, 0.6) is 0 Å². The standard InChI is InChI=1S/C12H14N4O/c1-7-4-11(8(2)3-10(7)13)16-12(17)9-5-14-15-6-9/h3-6H,13H2,1-2H3,(H,14,15)(H,16,17). The van der Waals surface area contributed by atoms with Crippen LogP contribution in [-0.2, 0) is 0 Å². The maximum atomic E-state index is 11.8. The average Bonchev–Trinajstić information content (AvgIpc) is 2.79. The van der Waals surface area contributed by atoms with Crippen LogP contribution in [0.1, 0.15) is 21.5 Å². The first-order valence-electron chi connectivity index (χ1n) is 5.25. The molecule has 1 amide bonds. The molecule has 0 radical (unpaired) electrons. The van der Waals surface area contributed by atoms with E-state index in [1.54, 1.807) is 6.20 Å². The molecule has 0 saturated heterocycles. The number of H-pyrrole nitrogens is 1. The Labute approximate surface area is 99.0 Å². The highest BCUT2D eigenvalue weighted by Gasteiger charge is 2.09. The van der Waals surface area contributed by atoms with E-state index in [-0.39, 0.29) is 5.91 Å². The highest BCUT2D eigenvalue weighted by Crippen LogP contribution is 2.22. The smallest absolute Gasteiger partial charge is 0.258 e. The lowest BCUT2D eigenvalue weighted by atomic mass is 10.1. The number of aromatic nitrogens is 2. The highest BCUT2D eigenvalue weighted by atomic mass is 16.1. The number of carbonyl (C=O) groups excluding carboxylic acids is 1. The Hall–Kier alpha value is -2.30. The summed E-state index contributed by atoms with van der Waals surface area (Å²) in [5.41, 5.74) is 9.66. The van der Waals surface area contributed by atoms with Crippen molar-refractivity contribution in [3.8, 4) is 0 Å². The molecule has 5 nitrogen and oxygen atoms in total. The van der Waals surface area contributed by atoms with Gasteiger partial charge in [-0.15, -0.1) is 0 Å². The van der Waals surface area contributed by atoms with Gasteiger partial charge in [0.1, 0.15) is 0 Å². The topological polar surface area (TPSA) is 83.8 Å². The molecule has 0 aliphatic carbocycles. The van der Waals surface area contributed by atoms with Gasteiger partial charge in [-0.1, -0.05) is 0 Å². The van der Waals surface area contributed by atoms with Gasteiger partial charge in [0.2, 0.25) is 0 Å². The first-order chi connectivity index (χ1) is 8.08. The fourth-order valence-corrected chi connectivity index (χ4v) is 1.54. The summed E-state index contributed by atoms with van der Waals surface area (Å²) < 4.78 is 0. The SMILES string of the molecule is Cc1cc(NC(=O)c2cn[nH]c2)c(C)cc1N.